The zero-order valence-corrected chi connectivity index (χ0v) is 14.3. The molecule has 2 fully saturated rings. The largest absolute Gasteiger partial charge is 0.494 e. The third-order valence-electron chi connectivity index (χ3n) is 4.43. The maximum Gasteiger partial charge on any atom is 0.254 e. The standard InChI is InChI=1S/C16H20Cl2N2O2/c1-10-9-19(12-3-4-12)5-6-20(10)16(21)11-7-13(17)15(22-2)14(18)8-11/h7-8,10,12H,3-6,9H2,1-2H3. The molecule has 1 heterocycles. The van der Waals surface area contributed by atoms with Crippen molar-refractivity contribution in [2.75, 3.05) is 26.7 Å². The molecule has 1 saturated heterocycles. The summed E-state index contributed by atoms with van der Waals surface area (Å²) in [6.07, 6.45) is 2.59. The van der Waals surface area contributed by atoms with Gasteiger partial charge in [0.15, 0.2) is 5.75 Å². The van der Waals surface area contributed by atoms with Crippen LogP contribution >= 0.6 is 23.2 Å². The van der Waals surface area contributed by atoms with Gasteiger partial charge in [-0.05, 0) is 31.9 Å². The highest BCUT2D eigenvalue weighted by Crippen LogP contribution is 2.35. The Kier molecular flexibility index (Phi) is 4.53. The first kappa shape index (κ1) is 15.9. The summed E-state index contributed by atoms with van der Waals surface area (Å²) in [4.78, 5) is 17.2. The van der Waals surface area contributed by atoms with E-state index in [1.807, 2.05) is 4.90 Å². The van der Waals surface area contributed by atoms with Crippen LogP contribution < -0.4 is 4.74 Å². The van der Waals surface area contributed by atoms with Crippen molar-refractivity contribution in [1.82, 2.24) is 9.80 Å². The Labute approximate surface area is 140 Å². The Bertz CT molecular complexity index is 567. The quantitative estimate of drug-likeness (QED) is 0.844. The second-order valence-corrected chi connectivity index (χ2v) is 6.86. The summed E-state index contributed by atoms with van der Waals surface area (Å²) in [6, 6.07) is 4.20. The zero-order valence-electron chi connectivity index (χ0n) is 12.8. The van der Waals surface area contributed by atoms with Gasteiger partial charge in [-0.2, -0.15) is 0 Å². The normalized spacial score (nSPS) is 22.7. The van der Waals surface area contributed by atoms with Gasteiger partial charge in [-0.25, -0.2) is 0 Å². The SMILES string of the molecule is COc1c(Cl)cc(C(=O)N2CCN(C3CC3)CC2C)cc1Cl. The molecule has 0 spiro atoms. The third-order valence-corrected chi connectivity index (χ3v) is 4.99. The first-order valence-corrected chi connectivity index (χ1v) is 8.35. The Hall–Kier alpha value is -0.970. The van der Waals surface area contributed by atoms with Crippen LogP contribution in [-0.2, 0) is 0 Å². The molecule has 1 aliphatic carbocycles. The van der Waals surface area contributed by atoms with Gasteiger partial charge in [0, 0.05) is 37.3 Å². The van der Waals surface area contributed by atoms with Crippen molar-refractivity contribution in [3.05, 3.63) is 27.7 Å². The van der Waals surface area contributed by atoms with E-state index in [0.29, 0.717) is 21.4 Å². The lowest BCUT2D eigenvalue weighted by atomic mass is 10.1. The van der Waals surface area contributed by atoms with Gasteiger partial charge in [0.25, 0.3) is 5.91 Å². The number of nitrogens with zero attached hydrogens (tertiary/aromatic N) is 2. The van der Waals surface area contributed by atoms with Crippen LogP contribution in [0.3, 0.4) is 0 Å². The van der Waals surface area contributed by atoms with Crippen LogP contribution in [0.5, 0.6) is 5.75 Å². The molecule has 1 aliphatic heterocycles. The number of hydrogen-bond acceptors (Lipinski definition) is 3. The second kappa shape index (κ2) is 6.26. The molecule has 6 heteroatoms. The predicted molar refractivity (Wildman–Crippen MR) is 88.1 cm³/mol. The van der Waals surface area contributed by atoms with Crippen LogP contribution in [0.4, 0.5) is 0 Å². The van der Waals surface area contributed by atoms with Gasteiger partial charge in [-0.3, -0.25) is 9.69 Å². The number of piperazine rings is 1. The molecular formula is C16H20Cl2N2O2. The van der Waals surface area contributed by atoms with Crippen LogP contribution in [-0.4, -0.2) is 54.5 Å². The lowest BCUT2D eigenvalue weighted by Gasteiger charge is -2.40. The van der Waals surface area contributed by atoms with E-state index >= 15 is 0 Å². The number of carbonyl (C=O) groups excluding carboxylic acids is 1. The fourth-order valence-corrected chi connectivity index (χ4v) is 3.74. The average Bonchev–Trinajstić information content (AvgIpc) is 3.30. The molecule has 4 nitrogen and oxygen atoms in total. The van der Waals surface area contributed by atoms with E-state index in [1.165, 1.54) is 20.0 Å². The van der Waals surface area contributed by atoms with Gasteiger partial charge in [0.1, 0.15) is 0 Å². The van der Waals surface area contributed by atoms with E-state index < -0.39 is 0 Å². The zero-order chi connectivity index (χ0) is 15.9. The molecule has 120 valence electrons. The minimum Gasteiger partial charge on any atom is -0.494 e. The first-order chi connectivity index (χ1) is 10.5. The minimum atomic E-state index is -0.0191. The van der Waals surface area contributed by atoms with E-state index in [0.717, 1.165) is 25.7 Å². The van der Waals surface area contributed by atoms with Crippen molar-refractivity contribution in [3.8, 4) is 5.75 Å². The highest BCUT2D eigenvalue weighted by molar-refractivity contribution is 6.37. The van der Waals surface area contributed by atoms with Crippen molar-refractivity contribution in [2.45, 2.75) is 31.8 Å². The predicted octanol–water partition coefficient (Wildman–Crippen LogP) is 3.31. The second-order valence-electron chi connectivity index (χ2n) is 6.05. The fraction of sp³-hybridized carbons (Fsp3) is 0.562. The van der Waals surface area contributed by atoms with Crippen LogP contribution in [0.2, 0.25) is 10.0 Å². The summed E-state index contributed by atoms with van der Waals surface area (Å²) in [5.41, 5.74) is 0.516. The first-order valence-electron chi connectivity index (χ1n) is 7.59. The van der Waals surface area contributed by atoms with Gasteiger partial charge in [-0.1, -0.05) is 23.2 Å². The smallest absolute Gasteiger partial charge is 0.254 e. The highest BCUT2D eigenvalue weighted by Gasteiger charge is 2.35. The molecule has 0 radical (unpaired) electrons. The minimum absolute atomic E-state index is 0.0191. The maximum absolute atomic E-state index is 12.8. The van der Waals surface area contributed by atoms with E-state index in [2.05, 4.69) is 11.8 Å². The lowest BCUT2D eigenvalue weighted by Crippen LogP contribution is -2.54. The number of rotatable bonds is 3. The molecule has 3 rings (SSSR count). The molecule has 0 aromatic heterocycles. The van der Waals surface area contributed by atoms with Gasteiger partial charge in [-0.15, -0.1) is 0 Å². The summed E-state index contributed by atoms with van der Waals surface area (Å²) in [5, 5.41) is 0.727. The summed E-state index contributed by atoms with van der Waals surface area (Å²) in [5.74, 6) is 0.390. The van der Waals surface area contributed by atoms with Gasteiger partial charge >= 0.3 is 0 Å². The molecule has 1 aromatic carbocycles. The van der Waals surface area contributed by atoms with Crippen molar-refractivity contribution in [2.24, 2.45) is 0 Å². The number of amides is 1. The number of hydrogen-bond donors (Lipinski definition) is 0. The van der Waals surface area contributed by atoms with Crippen molar-refractivity contribution in [3.63, 3.8) is 0 Å². The van der Waals surface area contributed by atoms with Gasteiger partial charge in [0.2, 0.25) is 0 Å². The van der Waals surface area contributed by atoms with E-state index in [4.69, 9.17) is 27.9 Å². The topological polar surface area (TPSA) is 32.8 Å². The summed E-state index contributed by atoms with van der Waals surface area (Å²) in [6.45, 7) is 4.73. The van der Waals surface area contributed by atoms with E-state index in [-0.39, 0.29) is 11.9 Å². The molecule has 0 N–H and O–H groups in total. The van der Waals surface area contributed by atoms with Crippen molar-refractivity contribution >= 4 is 29.1 Å². The number of methoxy groups -OCH3 is 1. The molecule has 1 unspecified atom stereocenters. The monoisotopic (exact) mass is 342 g/mol. The number of benzene rings is 1. The molecule has 22 heavy (non-hydrogen) atoms. The maximum atomic E-state index is 12.8. The van der Waals surface area contributed by atoms with Crippen molar-refractivity contribution < 1.29 is 9.53 Å². The molecular weight excluding hydrogens is 323 g/mol. The van der Waals surface area contributed by atoms with Gasteiger partial charge < -0.3 is 9.64 Å². The lowest BCUT2D eigenvalue weighted by molar-refractivity contribution is 0.0474. The van der Waals surface area contributed by atoms with Crippen LogP contribution in [0.25, 0.3) is 0 Å². The number of ether oxygens (including phenoxy) is 1. The molecule has 1 amide bonds. The molecule has 1 saturated carbocycles. The molecule has 1 aromatic rings. The Balaban J connectivity index is 1.76. The average molecular weight is 343 g/mol. The summed E-state index contributed by atoms with van der Waals surface area (Å²) in [7, 11) is 1.51. The Morgan fingerprint density at radius 3 is 2.36 bits per heavy atom. The Morgan fingerprint density at radius 2 is 1.86 bits per heavy atom. The summed E-state index contributed by atoms with van der Waals surface area (Å²) < 4.78 is 5.13. The van der Waals surface area contributed by atoms with Gasteiger partial charge in [0.05, 0.1) is 17.2 Å². The number of halogens is 2. The van der Waals surface area contributed by atoms with Crippen LogP contribution in [0, 0.1) is 0 Å². The third kappa shape index (κ3) is 3.05. The number of carbonyl (C=O) groups is 1. The summed E-state index contributed by atoms with van der Waals surface area (Å²) >= 11 is 12.3. The molecule has 2 aliphatic rings. The molecule has 1 atom stereocenters. The van der Waals surface area contributed by atoms with E-state index in [1.54, 1.807) is 12.1 Å². The van der Waals surface area contributed by atoms with E-state index in [9.17, 15) is 4.79 Å². The van der Waals surface area contributed by atoms with Crippen LogP contribution in [0.1, 0.15) is 30.1 Å². The highest BCUT2D eigenvalue weighted by atomic mass is 35.5. The Morgan fingerprint density at radius 1 is 1.23 bits per heavy atom. The fourth-order valence-electron chi connectivity index (χ4n) is 3.10. The van der Waals surface area contributed by atoms with Crippen LogP contribution in [0.15, 0.2) is 12.1 Å². The molecule has 0 bridgehead atoms. The van der Waals surface area contributed by atoms with Crippen molar-refractivity contribution in [1.29, 1.82) is 0 Å².